The van der Waals surface area contributed by atoms with Crippen LogP contribution < -0.4 is 0 Å². The summed E-state index contributed by atoms with van der Waals surface area (Å²) in [6.07, 6.45) is 12.9. The molecule has 0 saturated heterocycles. The molecule has 0 aliphatic rings. The summed E-state index contributed by atoms with van der Waals surface area (Å²) >= 11 is 0. The first-order valence-corrected chi connectivity index (χ1v) is 17.5. The van der Waals surface area contributed by atoms with Crippen molar-refractivity contribution in [1.29, 1.82) is 0 Å². The lowest BCUT2D eigenvalue weighted by Gasteiger charge is -2.51. The molecule has 0 bridgehead atoms. The zero-order valence-corrected chi connectivity index (χ0v) is 27.6. The van der Waals surface area contributed by atoms with E-state index in [-0.39, 0.29) is 19.3 Å². The molecular formula is C34H68O10. The summed E-state index contributed by atoms with van der Waals surface area (Å²) in [4.78, 5) is 13.0. The van der Waals surface area contributed by atoms with Crippen molar-refractivity contribution >= 4 is 5.97 Å². The quantitative estimate of drug-likeness (QED) is 0.0485. The van der Waals surface area contributed by atoms with Crippen LogP contribution in [0.1, 0.15) is 148 Å². The molecule has 10 heteroatoms. The van der Waals surface area contributed by atoms with Crippen LogP contribution >= 0.6 is 0 Å². The van der Waals surface area contributed by atoms with E-state index in [0.717, 1.165) is 25.7 Å². The fourth-order valence-electron chi connectivity index (χ4n) is 6.99. The molecule has 0 spiro atoms. The predicted molar refractivity (Wildman–Crippen MR) is 172 cm³/mol. The first-order chi connectivity index (χ1) is 21.1. The molecular weight excluding hydrogens is 568 g/mol. The molecule has 4 unspecified atom stereocenters. The number of aliphatic hydroxyl groups is 8. The molecule has 0 aromatic carbocycles. The first kappa shape index (κ1) is 43.1. The highest BCUT2D eigenvalue weighted by Crippen LogP contribution is 2.56. The molecule has 4 atom stereocenters. The van der Waals surface area contributed by atoms with Gasteiger partial charge in [-0.05, 0) is 37.5 Å². The number of carboxylic acids is 1. The van der Waals surface area contributed by atoms with Crippen LogP contribution in [0.4, 0.5) is 0 Å². The molecule has 0 fully saturated rings. The van der Waals surface area contributed by atoms with E-state index in [1.807, 2.05) is 0 Å². The minimum atomic E-state index is -1.99. The van der Waals surface area contributed by atoms with Crippen molar-refractivity contribution in [2.45, 2.75) is 173 Å². The molecule has 0 aromatic rings. The molecule has 264 valence electrons. The molecule has 0 aromatic heterocycles. The monoisotopic (exact) mass is 636 g/mol. The number of aliphatic hydroxyl groups excluding tert-OH is 8. The Hall–Kier alpha value is -0.850. The maximum atomic E-state index is 13.0. The third-order valence-electron chi connectivity index (χ3n) is 9.45. The number of aliphatic carboxylic acids is 1. The molecule has 9 N–H and O–H groups in total. The Labute approximate surface area is 266 Å². The zero-order chi connectivity index (χ0) is 33.3. The van der Waals surface area contributed by atoms with Crippen molar-refractivity contribution in [3.8, 4) is 0 Å². The minimum Gasteiger partial charge on any atom is -0.481 e. The number of carbonyl (C=O) groups is 1. The van der Waals surface area contributed by atoms with Crippen LogP contribution in [-0.2, 0) is 4.79 Å². The van der Waals surface area contributed by atoms with Gasteiger partial charge in [-0.25, -0.2) is 0 Å². The van der Waals surface area contributed by atoms with Gasteiger partial charge in [0.2, 0.25) is 0 Å². The Bertz CT molecular complexity index is 652. The molecule has 44 heavy (non-hydrogen) atoms. The number of hydrogen-bond acceptors (Lipinski definition) is 9. The Morgan fingerprint density at radius 1 is 0.477 bits per heavy atom. The van der Waals surface area contributed by atoms with Gasteiger partial charge in [0.25, 0.3) is 0 Å². The molecule has 10 nitrogen and oxygen atoms in total. The van der Waals surface area contributed by atoms with E-state index in [2.05, 4.69) is 6.92 Å². The fourth-order valence-corrected chi connectivity index (χ4v) is 6.99. The lowest BCUT2D eigenvalue weighted by molar-refractivity contribution is -0.178. The summed E-state index contributed by atoms with van der Waals surface area (Å²) in [7, 11) is 0. The van der Waals surface area contributed by atoms with Crippen molar-refractivity contribution in [2.75, 3.05) is 26.4 Å². The smallest absolute Gasteiger partial charge is 0.310 e. The van der Waals surface area contributed by atoms with Gasteiger partial charge in [0, 0.05) is 0 Å². The van der Waals surface area contributed by atoms with Crippen LogP contribution in [0.5, 0.6) is 0 Å². The van der Waals surface area contributed by atoms with Crippen LogP contribution in [-0.4, -0.2) is 103 Å². The highest BCUT2D eigenvalue weighted by molar-refractivity contribution is 5.76. The van der Waals surface area contributed by atoms with Crippen LogP contribution in [0.15, 0.2) is 0 Å². The summed E-state index contributed by atoms with van der Waals surface area (Å²) in [5.74, 6) is -1.42. The highest BCUT2D eigenvalue weighted by atomic mass is 16.4. The third kappa shape index (κ3) is 17.2. The second-order valence-corrected chi connectivity index (χ2v) is 13.2. The van der Waals surface area contributed by atoms with E-state index in [9.17, 15) is 50.8 Å². The second kappa shape index (κ2) is 26.2. The summed E-state index contributed by atoms with van der Waals surface area (Å²) in [5.41, 5.74) is -3.47. The largest absolute Gasteiger partial charge is 0.481 e. The van der Waals surface area contributed by atoms with E-state index in [1.54, 1.807) is 0 Å². The average Bonchev–Trinajstić information content (AvgIpc) is 3.01. The Kier molecular flexibility index (Phi) is 25.7. The fraction of sp³-hybridized carbons (Fsp3) is 0.971. The third-order valence-corrected chi connectivity index (χ3v) is 9.45. The Morgan fingerprint density at radius 2 is 0.750 bits per heavy atom. The normalized spacial score (nSPS) is 17.5. The summed E-state index contributed by atoms with van der Waals surface area (Å²) < 4.78 is 0. The lowest BCUT2D eigenvalue weighted by Crippen LogP contribution is -2.55. The highest BCUT2D eigenvalue weighted by Gasteiger charge is 2.58. The number of hydrogen-bond donors (Lipinski definition) is 9. The van der Waals surface area contributed by atoms with Gasteiger partial charge < -0.3 is 46.0 Å². The predicted octanol–water partition coefficient (Wildman–Crippen LogP) is 4.06. The van der Waals surface area contributed by atoms with Crippen molar-refractivity contribution in [2.24, 2.45) is 10.8 Å². The number of rotatable bonds is 32. The molecule has 0 heterocycles. The van der Waals surface area contributed by atoms with Gasteiger partial charge in [0.05, 0.1) is 56.3 Å². The number of carboxylic acid groups (broad SMARTS) is 1. The van der Waals surface area contributed by atoms with Crippen LogP contribution in [0.2, 0.25) is 0 Å². The van der Waals surface area contributed by atoms with E-state index in [4.69, 9.17) is 0 Å². The van der Waals surface area contributed by atoms with Crippen LogP contribution in [0.25, 0.3) is 0 Å². The average molecular weight is 637 g/mol. The molecule has 0 aliphatic carbocycles. The maximum absolute atomic E-state index is 13.0. The Morgan fingerprint density at radius 3 is 1.02 bits per heavy atom. The van der Waals surface area contributed by atoms with Gasteiger partial charge in [-0.15, -0.1) is 0 Å². The van der Waals surface area contributed by atoms with Crippen LogP contribution in [0.3, 0.4) is 0 Å². The molecule has 0 saturated carbocycles. The van der Waals surface area contributed by atoms with E-state index >= 15 is 0 Å². The summed E-state index contributed by atoms with van der Waals surface area (Å²) in [5, 5.41) is 91.0. The van der Waals surface area contributed by atoms with E-state index in [0.29, 0.717) is 6.42 Å². The number of unbranched alkanes of at least 4 members (excludes halogenated alkanes) is 16. The van der Waals surface area contributed by atoms with Crippen LogP contribution in [0, 0.1) is 10.8 Å². The van der Waals surface area contributed by atoms with Gasteiger partial charge in [0.1, 0.15) is 0 Å². The van der Waals surface area contributed by atoms with E-state index in [1.165, 1.54) is 77.0 Å². The zero-order valence-electron chi connectivity index (χ0n) is 27.6. The van der Waals surface area contributed by atoms with Crippen molar-refractivity contribution in [3.05, 3.63) is 0 Å². The van der Waals surface area contributed by atoms with Gasteiger partial charge in [-0.2, -0.15) is 0 Å². The Balaban J connectivity index is 5.20. The topological polar surface area (TPSA) is 199 Å². The van der Waals surface area contributed by atoms with Crippen molar-refractivity contribution in [3.63, 3.8) is 0 Å². The second-order valence-electron chi connectivity index (χ2n) is 13.2. The van der Waals surface area contributed by atoms with E-state index < -0.39 is 80.5 Å². The van der Waals surface area contributed by atoms with Crippen molar-refractivity contribution in [1.82, 2.24) is 0 Å². The first-order valence-electron chi connectivity index (χ1n) is 17.5. The van der Waals surface area contributed by atoms with Gasteiger partial charge in [-0.3, -0.25) is 4.79 Å². The van der Waals surface area contributed by atoms with Crippen molar-refractivity contribution < 1.29 is 50.8 Å². The lowest BCUT2D eigenvalue weighted by atomic mass is 9.52. The van der Waals surface area contributed by atoms with Gasteiger partial charge in [0.15, 0.2) is 0 Å². The SMILES string of the molecule is CCCCCCCCCCCCCCCCCCCC(CC(O)CO)(CC(O)CO)C(CC(O)CO)(CC(O)CO)C(=O)O. The van der Waals surface area contributed by atoms with Gasteiger partial charge in [-0.1, -0.05) is 116 Å². The molecule has 0 rings (SSSR count). The summed E-state index contributed by atoms with van der Waals surface area (Å²) in [6, 6.07) is 0. The summed E-state index contributed by atoms with van der Waals surface area (Å²) in [6.45, 7) is -0.589. The standard InChI is InChI=1S/C34H68O10/c1-2-3-4-5-6-7-8-9-10-11-12-13-14-15-16-17-18-19-33(20-28(39)24-35,21-29(40)25-36)34(32(43)44,22-30(41)26-37)23-31(42)27-38/h28-31,35-42H,2-27H2,1H3,(H,43,44). The molecule has 0 aliphatic heterocycles. The molecule has 0 amide bonds. The maximum Gasteiger partial charge on any atom is 0.310 e. The minimum absolute atomic E-state index is 0.169. The van der Waals surface area contributed by atoms with Gasteiger partial charge >= 0.3 is 5.97 Å². The molecule has 0 radical (unpaired) electrons.